The third-order valence-electron chi connectivity index (χ3n) is 4.89. The Kier molecular flexibility index (Phi) is 11.0. The van der Waals surface area contributed by atoms with Crippen LogP contribution in [0.2, 0.25) is 0 Å². The van der Waals surface area contributed by atoms with Crippen LogP contribution in [0.4, 0.5) is 5.69 Å². The van der Waals surface area contributed by atoms with Crippen molar-refractivity contribution < 1.29 is 48.3 Å². The van der Waals surface area contributed by atoms with Crippen LogP contribution in [-0.2, 0) is 14.8 Å². The predicted octanol–water partition coefficient (Wildman–Crippen LogP) is 0.109. The SMILES string of the molecule is CC(O)CNC(=O)c1cccc(O)c1O.Nc1ccc(S(=O)(=O)/N=C(/NC=O)NC(=O)c2cccc(O)c2O)cc1. The van der Waals surface area contributed by atoms with Gasteiger partial charge in [0.1, 0.15) is 0 Å². The Morgan fingerprint density at radius 3 is 1.90 bits per heavy atom. The lowest BCUT2D eigenvalue weighted by atomic mass is 10.1. The van der Waals surface area contributed by atoms with Gasteiger partial charge in [-0.1, -0.05) is 12.1 Å². The first-order valence-corrected chi connectivity index (χ1v) is 12.9. The fourth-order valence-electron chi connectivity index (χ4n) is 2.89. The molecular weight excluding hydrogens is 562 g/mol. The molecular formula is C25H27N5O10S. The molecule has 16 heteroatoms. The molecule has 0 bridgehead atoms. The highest BCUT2D eigenvalue weighted by Crippen LogP contribution is 2.28. The minimum absolute atomic E-state index is 0.0179. The third-order valence-corrected chi connectivity index (χ3v) is 6.18. The van der Waals surface area contributed by atoms with Gasteiger partial charge in [-0.05, 0) is 55.5 Å². The Balaban J connectivity index is 0.000000333. The van der Waals surface area contributed by atoms with E-state index in [-0.39, 0.29) is 34.7 Å². The highest BCUT2D eigenvalue weighted by molar-refractivity contribution is 7.90. The standard InChI is InChI=1S/C15H14N4O6S.C10H13NO4/c16-9-4-6-10(7-5-9)26(24,25)19-15(17-8-20)18-14(23)11-2-1-3-12(21)13(11)22;1-6(12)5-11-10(15)7-3-2-4-8(13)9(7)14/h1-8,21-22H,16H2,(H2,17,18,19,20,23);2-4,6,12-14H,5H2,1H3,(H,11,15). The Morgan fingerprint density at radius 1 is 0.902 bits per heavy atom. The van der Waals surface area contributed by atoms with Crippen molar-refractivity contribution in [2.75, 3.05) is 12.3 Å². The van der Waals surface area contributed by atoms with E-state index in [9.17, 15) is 38.1 Å². The highest BCUT2D eigenvalue weighted by Gasteiger charge is 2.19. The van der Waals surface area contributed by atoms with Crippen molar-refractivity contribution in [3.63, 3.8) is 0 Å². The van der Waals surface area contributed by atoms with Crippen LogP contribution in [0.3, 0.4) is 0 Å². The highest BCUT2D eigenvalue weighted by atomic mass is 32.2. The number of amides is 3. The second kappa shape index (κ2) is 14.2. The number of anilines is 1. The van der Waals surface area contributed by atoms with Gasteiger partial charge in [0.25, 0.3) is 21.8 Å². The number of nitrogens with zero attached hydrogens (tertiary/aromatic N) is 1. The third kappa shape index (κ3) is 9.12. The molecule has 10 N–H and O–H groups in total. The molecule has 218 valence electrons. The molecule has 1 atom stereocenters. The average Bonchev–Trinajstić information content (AvgIpc) is 2.91. The molecule has 0 heterocycles. The summed E-state index contributed by atoms with van der Waals surface area (Å²) in [5, 5.41) is 52.9. The van der Waals surface area contributed by atoms with E-state index in [1.54, 1.807) is 0 Å². The normalized spacial score (nSPS) is 11.8. The van der Waals surface area contributed by atoms with Crippen molar-refractivity contribution in [1.29, 1.82) is 0 Å². The molecule has 0 aliphatic carbocycles. The molecule has 0 aromatic heterocycles. The molecule has 0 saturated heterocycles. The van der Waals surface area contributed by atoms with E-state index >= 15 is 0 Å². The monoisotopic (exact) mass is 589 g/mol. The van der Waals surface area contributed by atoms with Crippen LogP contribution in [0.1, 0.15) is 27.6 Å². The molecule has 3 aromatic carbocycles. The lowest BCUT2D eigenvalue weighted by molar-refractivity contribution is -0.108. The van der Waals surface area contributed by atoms with Gasteiger partial charge in [-0.2, -0.15) is 8.42 Å². The van der Waals surface area contributed by atoms with Crippen molar-refractivity contribution in [3.8, 4) is 23.0 Å². The fraction of sp³-hybridized carbons (Fsp3) is 0.120. The number of nitrogens with two attached hydrogens (primary N) is 1. The molecule has 0 aliphatic rings. The fourth-order valence-corrected chi connectivity index (χ4v) is 3.82. The zero-order valence-corrected chi connectivity index (χ0v) is 22.2. The van der Waals surface area contributed by atoms with Crippen LogP contribution in [0.5, 0.6) is 23.0 Å². The number of carbonyl (C=O) groups excluding carboxylic acids is 3. The molecule has 0 spiro atoms. The zero-order valence-electron chi connectivity index (χ0n) is 21.3. The van der Waals surface area contributed by atoms with Crippen molar-refractivity contribution in [2.45, 2.75) is 17.9 Å². The summed E-state index contributed by atoms with van der Waals surface area (Å²) in [6.45, 7) is 1.62. The van der Waals surface area contributed by atoms with Gasteiger partial charge in [0.15, 0.2) is 23.0 Å². The summed E-state index contributed by atoms with van der Waals surface area (Å²) in [5.74, 6) is -4.29. The van der Waals surface area contributed by atoms with E-state index in [1.807, 2.05) is 10.6 Å². The van der Waals surface area contributed by atoms with Crippen molar-refractivity contribution in [3.05, 3.63) is 71.8 Å². The van der Waals surface area contributed by atoms with E-state index < -0.39 is 51.1 Å². The number of sulfonamides is 1. The summed E-state index contributed by atoms with van der Waals surface area (Å²) in [6.07, 6.45) is -0.548. The quantitative estimate of drug-likeness (QED) is 0.0587. The van der Waals surface area contributed by atoms with E-state index in [2.05, 4.69) is 9.71 Å². The second-order valence-corrected chi connectivity index (χ2v) is 9.71. The number of phenolic OH excluding ortho intramolecular Hbond substituents is 4. The summed E-state index contributed by atoms with van der Waals surface area (Å²) in [6, 6.07) is 12.8. The molecule has 41 heavy (non-hydrogen) atoms. The maximum atomic E-state index is 12.2. The second-order valence-electron chi connectivity index (χ2n) is 8.11. The van der Waals surface area contributed by atoms with Crippen molar-refractivity contribution in [1.82, 2.24) is 16.0 Å². The minimum atomic E-state index is -4.26. The van der Waals surface area contributed by atoms with Gasteiger partial charge < -0.3 is 36.6 Å². The first-order chi connectivity index (χ1) is 19.3. The summed E-state index contributed by atoms with van der Waals surface area (Å²) in [7, 11) is -4.26. The number of hydrogen-bond donors (Lipinski definition) is 9. The molecule has 0 saturated carbocycles. The van der Waals surface area contributed by atoms with Crippen LogP contribution in [-0.4, -0.2) is 70.8 Å². The maximum Gasteiger partial charge on any atom is 0.285 e. The van der Waals surface area contributed by atoms with Gasteiger partial charge in [-0.25, -0.2) is 0 Å². The summed E-state index contributed by atoms with van der Waals surface area (Å²) in [4.78, 5) is 34.0. The zero-order chi connectivity index (χ0) is 30.7. The van der Waals surface area contributed by atoms with Gasteiger partial charge in [0.2, 0.25) is 12.4 Å². The van der Waals surface area contributed by atoms with Gasteiger partial charge in [0.05, 0.1) is 22.1 Å². The number of benzene rings is 3. The predicted molar refractivity (Wildman–Crippen MR) is 146 cm³/mol. The number of rotatable bonds is 7. The number of phenols is 4. The van der Waals surface area contributed by atoms with Crippen LogP contribution in [0, 0.1) is 0 Å². The summed E-state index contributed by atoms with van der Waals surface area (Å²) in [5.41, 5.74) is 5.46. The number of para-hydroxylation sites is 2. The van der Waals surface area contributed by atoms with Gasteiger partial charge in [0, 0.05) is 12.2 Å². The van der Waals surface area contributed by atoms with E-state index in [0.717, 1.165) is 6.07 Å². The Hall–Kier alpha value is -5.35. The summed E-state index contributed by atoms with van der Waals surface area (Å²) < 4.78 is 27.8. The number of nitrogen functional groups attached to an aromatic ring is 1. The Bertz CT molecular complexity index is 1540. The molecule has 1 unspecified atom stereocenters. The lowest BCUT2D eigenvalue weighted by Gasteiger charge is -2.09. The molecule has 0 fully saturated rings. The smallest absolute Gasteiger partial charge is 0.285 e. The van der Waals surface area contributed by atoms with E-state index in [4.69, 9.17) is 15.9 Å². The van der Waals surface area contributed by atoms with E-state index in [1.165, 1.54) is 61.5 Å². The first kappa shape index (κ1) is 31.9. The summed E-state index contributed by atoms with van der Waals surface area (Å²) >= 11 is 0. The molecule has 0 aliphatic heterocycles. The molecule has 3 rings (SSSR count). The number of carbonyl (C=O) groups is 3. The van der Waals surface area contributed by atoms with Gasteiger partial charge in [-0.3, -0.25) is 25.0 Å². The van der Waals surface area contributed by atoms with E-state index in [0.29, 0.717) is 5.69 Å². The van der Waals surface area contributed by atoms with Crippen LogP contribution in [0.25, 0.3) is 0 Å². The lowest BCUT2D eigenvalue weighted by Crippen LogP contribution is -2.41. The largest absolute Gasteiger partial charge is 0.504 e. The minimum Gasteiger partial charge on any atom is -0.504 e. The van der Waals surface area contributed by atoms with Crippen molar-refractivity contribution in [2.24, 2.45) is 4.40 Å². The average molecular weight is 590 g/mol. The topological polar surface area (TPSA) is 261 Å². The Morgan fingerprint density at radius 2 is 1.41 bits per heavy atom. The van der Waals surface area contributed by atoms with Crippen molar-refractivity contribution >= 4 is 39.9 Å². The molecule has 3 aromatic rings. The Labute approximate surface area is 233 Å². The van der Waals surface area contributed by atoms with Crippen LogP contribution in [0.15, 0.2) is 70.0 Å². The van der Waals surface area contributed by atoms with Gasteiger partial charge in [-0.15, -0.1) is 4.40 Å². The molecule has 0 radical (unpaired) electrons. The molecule has 15 nitrogen and oxygen atoms in total. The number of aliphatic hydroxyl groups is 1. The number of guanidine groups is 1. The van der Waals surface area contributed by atoms with Gasteiger partial charge >= 0.3 is 0 Å². The molecule has 3 amide bonds. The number of hydrogen-bond acceptors (Lipinski definition) is 11. The van der Waals surface area contributed by atoms with Crippen LogP contribution < -0.4 is 21.7 Å². The first-order valence-electron chi connectivity index (χ1n) is 11.5. The number of aliphatic hydroxyl groups excluding tert-OH is 1. The number of nitrogens with one attached hydrogen (secondary N) is 3. The van der Waals surface area contributed by atoms with Crippen LogP contribution >= 0.6 is 0 Å². The maximum absolute atomic E-state index is 12.2. The number of aromatic hydroxyl groups is 4.